The first-order valence-electron chi connectivity index (χ1n) is 6.57. The minimum Gasteiger partial charge on any atom is -0.472 e. The lowest BCUT2D eigenvalue weighted by atomic mass is 10.0. The van der Waals surface area contributed by atoms with Gasteiger partial charge in [-0.15, -0.1) is 4.85 Å². The Labute approximate surface area is 129 Å². The fraction of sp³-hybridized carbons (Fsp3) is 0.286. The predicted octanol–water partition coefficient (Wildman–Crippen LogP) is 2.89. The Hall–Kier alpha value is -2.71. The number of esters is 1. The molecule has 0 radical (unpaired) electrons. The van der Waals surface area contributed by atoms with E-state index in [1.54, 1.807) is 6.92 Å². The number of carbonyl (C=O) groups excluding carboxylic acids is 1. The normalized spacial score (nSPS) is 11.3. The lowest BCUT2D eigenvalue weighted by Crippen LogP contribution is -2.17. The summed E-state index contributed by atoms with van der Waals surface area (Å²) in [4.78, 5) is 12.3. The second-order valence-electron chi connectivity index (χ2n) is 4.41. The molecule has 6 nitrogen and oxygen atoms in total. The van der Waals surface area contributed by atoms with E-state index < -0.39 is 24.3 Å². The molecule has 124 valence electrons. The molecule has 1 heterocycles. The van der Waals surface area contributed by atoms with Crippen LogP contribution in [0.3, 0.4) is 0 Å². The van der Waals surface area contributed by atoms with Gasteiger partial charge in [-0.1, -0.05) is 11.2 Å². The van der Waals surface area contributed by atoms with Gasteiger partial charge in [0.25, 0.3) is 0 Å². The van der Waals surface area contributed by atoms with Crippen LogP contribution in [-0.2, 0) is 17.5 Å². The Bertz CT molecular complexity index is 698. The monoisotopic (exact) mass is 330 g/mol. The highest BCUT2D eigenvalue weighted by Gasteiger charge is 2.35. The Kier molecular flexibility index (Phi) is 4.77. The van der Waals surface area contributed by atoms with E-state index in [0.717, 1.165) is 18.3 Å². The standard InChI is InChI=1S/C14H13F3N2O4/c1-2-22-13(20)9-4-3-5-11(14(15,16)17)10(9)8-23-12-6-7-19(21)18-12/h3-7,21H,2,8H2,1H3. The van der Waals surface area contributed by atoms with Gasteiger partial charge in [-0.2, -0.15) is 13.2 Å². The first-order chi connectivity index (χ1) is 10.8. The summed E-state index contributed by atoms with van der Waals surface area (Å²) in [5.41, 5.74) is -1.58. The molecule has 1 aromatic heterocycles. The minimum atomic E-state index is -4.66. The van der Waals surface area contributed by atoms with Crippen LogP contribution in [0.5, 0.6) is 5.88 Å². The number of halogens is 3. The molecular formula is C14H13F3N2O4. The second-order valence-corrected chi connectivity index (χ2v) is 4.41. The molecule has 0 fully saturated rings. The van der Waals surface area contributed by atoms with E-state index in [9.17, 15) is 18.0 Å². The fourth-order valence-corrected chi connectivity index (χ4v) is 1.93. The molecule has 0 saturated heterocycles. The molecule has 23 heavy (non-hydrogen) atoms. The Morgan fingerprint density at radius 2 is 2.09 bits per heavy atom. The quantitative estimate of drug-likeness (QED) is 0.674. The predicted molar refractivity (Wildman–Crippen MR) is 71.1 cm³/mol. The number of aromatic nitrogens is 2. The summed E-state index contributed by atoms with van der Waals surface area (Å²) in [5, 5.41) is 12.5. The van der Waals surface area contributed by atoms with Crippen molar-refractivity contribution in [3.05, 3.63) is 47.2 Å². The summed E-state index contributed by atoms with van der Waals surface area (Å²) in [6.45, 7) is 1.03. The molecule has 0 spiro atoms. The Morgan fingerprint density at radius 3 is 2.65 bits per heavy atom. The highest BCUT2D eigenvalue weighted by Crippen LogP contribution is 2.34. The van der Waals surface area contributed by atoms with Crippen LogP contribution in [0.1, 0.15) is 28.4 Å². The number of carbonyl (C=O) groups is 1. The summed E-state index contributed by atoms with van der Waals surface area (Å²) in [6, 6.07) is 4.48. The zero-order valence-corrected chi connectivity index (χ0v) is 12.0. The lowest BCUT2D eigenvalue weighted by molar-refractivity contribution is -0.138. The average molecular weight is 330 g/mol. The van der Waals surface area contributed by atoms with Gasteiger partial charge in [-0.25, -0.2) is 4.79 Å². The number of rotatable bonds is 5. The first kappa shape index (κ1) is 16.7. The zero-order chi connectivity index (χ0) is 17.0. The number of hydrogen-bond acceptors (Lipinski definition) is 5. The van der Waals surface area contributed by atoms with Gasteiger partial charge in [0.05, 0.1) is 23.9 Å². The van der Waals surface area contributed by atoms with Crippen LogP contribution in [-0.4, -0.2) is 27.7 Å². The van der Waals surface area contributed by atoms with Crippen LogP contribution in [0.2, 0.25) is 0 Å². The first-order valence-corrected chi connectivity index (χ1v) is 6.57. The van der Waals surface area contributed by atoms with E-state index in [-0.39, 0.29) is 23.6 Å². The Balaban J connectivity index is 2.37. The molecule has 0 saturated carbocycles. The number of benzene rings is 1. The minimum absolute atomic E-state index is 0.0320. The van der Waals surface area contributed by atoms with E-state index in [0.29, 0.717) is 4.85 Å². The Morgan fingerprint density at radius 1 is 1.35 bits per heavy atom. The summed E-state index contributed by atoms with van der Waals surface area (Å²) in [5.74, 6) is -0.954. The highest BCUT2D eigenvalue weighted by molar-refractivity contribution is 5.91. The van der Waals surface area contributed by atoms with Gasteiger partial charge in [0, 0.05) is 11.6 Å². The van der Waals surface area contributed by atoms with Gasteiger partial charge in [0.1, 0.15) is 6.61 Å². The van der Waals surface area contributed by atoms with E-state index in [2.05, 4.69) is 5.10 Å². The highest BCUT2D eigenvalue weighted by atomic mass is 19.4. The summed E-state index contributed by atoms with van der Waals surface area (Å²) in [6.07, 6.45) is -3.51. The topological polar surface area (TPSA) is 73.6 Å². The number of alkyl halides is 3. The van der Waals surface area contributed by atoms with Gasteiger partial charge >= 0.3 is 12.1 Å². The second kappa shape index (κ2) is 6.59. The third kappa shape index (κ3) is 3.93. The summed E-state index contributed by atoms with van der Waals surface area (Å²) >= 11 is 0. The van der Waals surface area contributed by atoms with E-state index in [4.69, 9.17) is 14.7 Å². The smallest absolute Gasteiger partial charge is 0.416 e. The van der Waals surface area contributed by atoms with Crippen molar-refractivity contribution in [1.82, 2.24) is 9.94 Å². The maximum Gasteiger partial charge on any atom is 0.416 e. The molecule has 0 aliphatic rings. The van der Waals surface area contributed by atoms with Crippen molar-refractivity contribution in [2.24, 2.45) is 0 Å². The van der Waals surface area contributed by atoms with Crippen molar-refractivity contribution in [2.45, 2.75) is 19.7 Å². The molecule has 2 rings (SSSR count). The molecular weight excluding hydrogens is 317 g/mol. The molecule has 1 aromatic carbocycles. The summed E-state index contributed by atoms with van der Waals surface area (Å²) < 4.78 is 49.3. The SMILES string of the molecule is CCOC(=O)c1cccc(C(F)(F)F)c1COc1ccn(O)n1. The van der Waals surface area contributed by atoms with Gasteiger partial charge < -0.3 is 14.7 Å². The number of ether oxygens (including phenoxy) is 2. The molecule has 1 N–H and O–H groups in total. The number of hydrogen-bond donors (Lipinski definition) is 1. The van der Waals surface area contributed by atoms with Gasteiger partial charge in [0.2, 0.25) is 5.88 Å². The van der Waals surface area contributed by atoms with Crippen LogP contribution in [0, 0.1) is 0 Å². The maximum absolute atomic E-state index is 13.1. The van der Waals surface area contributed by atoms with Crippen molar-refractivity contribution in [1.29, 1.82) is 0 Å². The van der Waals surface area contributed by atoms with Crippen LogP contribution in [0.15, 0.2) is 30.5 Å². The van der Waals surface area contributed by atoms with E-state index in [1.165, 1.54) is 12.1 Å². The van der Waals surface area contributed by atoms with Gasteiger partial charge in [-0.05, 0) is 19.1 Å². The molecule has 0 atom stereocenters. The van der Waals surface area contributed by atoms with Gasteiger partial charge in [0.15, 0.2) is 0 Å². The van der Waals surface area contributed by atoms with Crippen LogP contribution < -0.4 is 4.74 Å². The van der Waals surface area contributed by atoms with E-state index in [1.807, 2.05) is 0 Å². The number of nitrogens with zero attached hydrogens (tertiary/aromatic N) is 2. The van der Waals surface area contributed by atoms with Crippen LogP contribution in [0.4, 0.5) is 13.2 Å². The zero-order valence-electron chi connectivity index (χ0n) is 12.0. The molecule has 2 aromatic rings. The van der Waals surface area contributed by atoms with E-state index >= 15 is 0 Å². The van der Waals surface area contributed by atoms with Gasteiger partial charge in [-0.3, -0.25) is 0 Å². The summed E-state index contributed by atoms with van der Waals surface area (Å²) in [7, 11) is 0. The van der Waals surface area contributed by atoms with Crippen LogP contribution in [0.25, 0.3) is 0 Å². The average Bonchev–Trinajstić information content (AvgIpc) is 2.89. The fourth-order valence-electron chi connectivity index (χ4n) is 1.93. The molecule has 0 aliphatic carbocycles. The molecule has 0 bridgehead atoms. The van der Waals surface area contributed by atoms with Crippen molar-refractivity contribution < 1.29 is 32.6 Å². The van der Waals surface area contributed by atoms with Crippen molar-refractivity contribution >= 4 is 5.97 Å². The third-order valence-electron chi connectivity index (χ3n) is 2.89. The van der Waals surface area contributed by atoms with Crippen molar-refractivity contribution in [3.8, 4) is 5.88 Å². The third-order valence-corrected chi connectivity index (χ3v) is 2.89. The molecule has 9 heteroatoms. The molecule has 0 unspecified atom stereocenters. The van der Waals surface area contributed by atoms with Crippen molar-refractivity contribution in [3.63, 3.8) is 0 Å². The van der Waals surface area contributed by atoms with Crippen molar-refractivity contribution in [2.75, 3.05) is 6.61 Å². The lowest BCUT2D eigenvalue weighted by Gasteiger charge is -2.16. The molecule has 0 amide bonds. The van der Waals surface area contributed by atoms with Crippen LogP contribution >= 0.6 is 0 Å². The molecule has 0 aliphatic heterocycles. The largest absolute Gasteiger partial charge is 0.472 e. The maximum atomic E-state index is 13.1.